The molecule has 0 saturated carbocycles. The maximum Gasteiger partial charge on any atom is 0.165 e. The summed E-state index contributed by atoms with van der Waals surface area (Å²) in [6, 6.07) is 10.2. The second-order valence-electron chi connectivity index (χ2n) is 4.54. The Morgan fingerprint density at radius 3 is 2.67 bits per heavy atom. The Morgan fingerprint density at radius 1 is 1.29 bits per heavy atom. The Labute approximate surface area is 121 Å². The fraction of sp³-hybridized carbons (Fsp3) is 0.188. The van der Waals surface area contributed by atoms with Crippen molar-refractivity contribution >= 4 is 0 Å². The molecule has 2 aromatic rings. The summed E-state index contributed by atoms with van der Waals surface area (Å²) in [7, 11) is 0. The summed E-state index contributed by atoms with van der Waals surface area (Å²) in [5.41, 5.74) is 0.520. The van der Waals surface area contributed by atoms with Gasteiger partial charge in [0.05, 0.1) is 11.7 Å². The second-order valence-corrected chi connectivity index (χ2v) is 4.54. The molecule has 0 saturated heterocycles. The van der Waals surface area contributed by atoms with Gasteiger partial charge >= 0.3 is 0 Å². The largest absolute Gasteiger partial charge is 0.486 e. The van der Waals surface area contributed by atoms with E-state index in [1.807, 2.05) is 0 Å². The van der Waals surface area contributed by atoms with Crippen LogP contribution in [0.15, 0.2) is 36.4 Å². The third kappa shape index (κ3) is 3.36. The lowest BCUT2D eigenvalue weighted by atomic mass is 10.1. The Kier molecular flexibility index (Phi) is 4.51. The summed E-state index contributed by atoms with van der Waals surface area (Å²) < 4.78 is 32.8. The Balaban J connectivity index is 2.16. The van der Waals surface area contributed by atoms with Crippen LogP contribution < -0.4 is 4.74 Å². The lowest BCUT2D eigenvalue weighted by molar-refractivity contribution is 0.198. The van der Waals surface area contributed by atoms with E-state index < -0.39 is 17.7 Å². The summed E-state index contributed by atoms with van der Waals surface area (Å²) in [6.45, 7) is 1.34. The van der Waals surface area contributed by atoms with Gasteiger partial charge in [-0.15, -0.1) is 0 Å². The topological polar surface area (TPSA) is 53.2 Å². The summed E-state index contributed by atoms with van der Waals surface area (Å²) in [4.78, 5) is 0. The first-order valence-corrected chi connectivity index (χ1v) is 6.30. The molecule has 2 aromatic carbocycles. The molecule has 0 amide bonds. The molecule has 0 spiro atoms. The number of ether oxygens (including phenoxy) is 1. The number of benzene rings is 2. The van der Waals surface area contributed by atoms with Crippen molar-refractivity contribution in [3.05, 3.63) is 64.7 Å². The molecule has 108 valence electrons. The maximum atomic E-state index is 13.8. The van der Waals surface area contributed by atoms with Crippen LogP contribution in [0, 0.1) is 23.0 Å². The average molecular weight is 289 g/mol. The number of halogens is 2. The highest BCUT2D eigenvalue weighted by Crippen LogP contribution is 2.23. The number of hydrogen-bond acceptors (Lipinski definition) is 3. The zero-order valence-electron chi connectivity index (χ0n) is 11.3. The smallest absolute Gasteiger partial charge is 0.165 e. The van der Waals surface area contributed by atoms with Crippen LogP contribution in [0.5, 0.6) is 5.75 Å². The summed E-state index contributed by atoms with van der Waals surface area (Å²) in [5, 5.41) is 18.1. The van der Waals surface area contributed by atoms with Crippen LogP contribution in [0.3, 0.4) is 0 Å². The molecular weight excluding hydrogens is 276 g/mol. The van der Waals surface area contributed by atoms with E-state index in [-0.39, 0.29) is 23.5 Å². The fourth-order valence-electron chi connectivity index (χ4n) is 1.83. The van der Waals surface area contributed by atoms with E-state index in [0.717, 1.165) is 0 Å². The highest BCUT2D eigenvalue weighted by Gasteiger charge is 2.11. The van der Waals surface area contributed by atoms with E-state index in [1.165, 1.54) is 43.3 Å². The van der Waals surface area contributed by atoms with Crippen molar-refractivity contribution in [1.29, 1.82) is 5.26 Å². The van der Waals surface area contributed by atoms with Crippen molar-refractivity contribution in [2.24, 2.45) is 0 Å². The summed E-state index contributed by atoms with van der Waals surface area (Å²) >= 11 is 0. The Morgan fingerprint density at radius 2 is 2.05 bits per heavy atom. The molecule has 1 N–H and O–H groups in total. The molecular formula is C16H13F2NO2. The minimum Gasteiger partial charge on any atom is -0.486 e. The molecule has 0 aliphatic rings. The van der Waals surface area contributed by atoms with Crippen molar-refractivity contribution in [3.8, 4) is 11.8 Å². The Hall–Kier alpha value is -2.45. The van der Waals surface area contributed by atoms with Crippen LogP contribution in [0.25, 0.3) is 0 Å². The first-order valence-electron chi connectivity index (χ1n) is 6.30. The van der Waals surface area contributed by atoms with Gasteiger partial charge < -0.3 is 9.84 Å². The molecule has 0 aromatic heterocycles. The normalized spacial score (nSPS) is 11.8. The standard InChI is InChI=1S/C16H13F2NO2/c1-10(20)11-5-6-15(14(17)7-11)21-9-13-4-2-3-12(8-19)16(13)18/h2-7,10,20H,9H2,1H3/t10-/m1/s1. The predicted octanol–water partition coefficient (Wildman–Crippen LogP) is 3.47. The third-order valence-corrected chi connectivity index (χ3v) is 3.02. The molecule has 1 atom stereocenters. The van der Waals surface area contributed by atoms with Gasteiger partial charge in [-0.2, -0.15) is 5.26 Å². The van der Waals surface area contributed by atoms with Crippen molar-refractivity contribution in [2.45, 2.75) is 19.6 Å². The van der Waals surface area contributed by atoms with Gasteiger partial charge in [-0.1, -0.05) is 18.2 Å². The quantitative estimate of drug-likeness (QED) is 0.937. The third-order valence-electron chi connectivity index (χ3n) is 3.02. The SMILES string of the molecule is C[C@@H](O)c1ccc(OCc2cccc(C#N)c2F)c(F)c1. The van der Waals surface area contributed by atoms with Gasteiger partial charge in [0.15, 0.2) is 11.6 Å². The highest BCUT2D eigenvalue weighted by molar-refractivity contribution is 5.35. The van der Waals surface area contributed by atoms with E-state index >= 15 is 0 Å². The molecule has 3 nitrogen and oxygen atoms in total. The molecule has 0 heterocycles. The molecule has 2 rings (SSSR count). The zero-order valence-corrected chi connectivity index (χ0v) is 11.3. The van der Waals surface area contributed by atoms with E-state index in [2.05, 4.69) is 0 Å². The minimum absolute atomic E-state index is 0.0406. The molecule has 0 bridgehead atoms. The molecule has 0 aliphatic heterocycles. The van der Waals surface area contributed by atoms with Crippen molar-refractivity contribution in [1.82, 2.24) is 0 Å². The molecule has 5 heteroatoms. The lowest BCUT2D eigenvalue weighted by Gasteiger charge is -2.11. The van der Waals surface area contributed by atoms with Gasteiger partial charge in [-0.05, 0) is 30.7 Å². The summed E-state index contributed by atoms with van der Waals surface area (Å²) in [6.07, 6.45) is -0.779. The highest BCUT2D eigenvalue weighted by atomic mass is 19.1. The monoisotopic (exact) mass is 289 g/mol. The number of hydrogen-bond donors (Lipinski definition) is 1. The first-order chi connectivity index (χ1) is 10.0. The summed E-state index contributed by atoms with van der Waals surface area (Å²) in [5.74, 6) is -1.34. The van der Waals surface area contributed by atoms with Crippen molar-refractivity contribution in [3.63, 3.8) is 0 Å². The van der Waals surface area contributed by atoms with Gasteiger partial charge in [0, 0.05) is 5.56 Å². The lowest BCUT2D eigenvalue weighted by Crippen LogP contribution is -2.02. The molecule has 21 heavy (non-hydrogen) atoms. The van der Waals surface area contributed by atoms with Crippen LogP contribution in [0.4, 0.5) is 8.78 Å². The number of nitriles is 1. The number of aliphatic hydroxyl groups excluding tert-OH is 1. The van der Waals surface area contributed by atoms with E-state index in [9.17, 15) is 13.9 Å². The predicted molar refractivity (Wildman–Crippen MR) is 72.5 cm³/mol. The second kappa shape index (κ2) is 6.33. The van der Waals surface area contributed by atoms with Gasteiger partial charge in [0.2, 0.25) is 0 Å². The van der Waals surface area contributed by atoms with E-state index in [1.54, 1.807) is 6.07 Å². The van der Waals surface area contributed by atoms with Gasteiger partial charge in [0.1, 0.15) is 18.5 Å². The van der Waals surface area contributed by atoms with E-state index in [0.29, 0.717) is 5.56 Å². The van der Waals surface area contributed by atoms with Gasteiger partial charge in [-0.3, -0.25) is 0 Å². The maximum absolute atomic E-state index is 13.8. The number of rotatable bonds is 4. The van der Waals surface area contributed by atoms with Crippen LogP contribution in [-0.2, 0) is 6.61 Å². The van der Waals surface area contributed by atoms with Crippen LogP contribution in [0.1, 0.15) is 29.7 Å². The fourth-order valence-corrected chi connectivity index (χ4v) is 1.83. The number of aliphatic hydroxyl groups is 1. The Bertz CT molecular complexity index is 693. The van der Waals surface area contributed by atoms with Gasteiger partial charge in [0.25, 0.3) is 0 Å². The van der Waals surface area contributed by atoms with Crippen LogP contribution in [-0.4, -0.2) is 5.11 Å². The van der Waals surface area contributed by atoms with Crippen LogP contribution >= 0.6 is 0 Å². The van der Waals surface area contributed by atoms with E-state index in [4.69, 9.17) is 10.00 Å². The van der Waals surface area contributed by atoms with Crippen LogP contribution in [0.2, 0.25) is 0 Å². The van der Waals surface area contributed by atoms with Crippen molar-refractivity contribution < 1.29 is 18.6 Å². The molecule has 0 radical (unpaired) electrons. The molecule has 0 fully saturated rings. The zero-order chi connectivity index (χ0) is 15.4. The van der Waals surface area contributed by atoms with Crippen molar-refractivity contribution in [2.75, 3.05) is 0 Å². The molecule has 0 aliphatic carbocycles. The molecule has 0 unspecified atom stereocenters. The number of nitrogens with zero attached hydrogens (tertiary/aromatic N) is 1. The minimum atomic E-state index is -0.779. The first kappa shape index (κ1) is 14.9. The average Bonchev–Trinajstić information content (AvgIpc) is 2.47. The van der Waals surface area contributed by atoms with Gasteiger partial charge in [-0.25, -0.2) is 8.78 Å².